The summed E-state index contributed by atoms with van der Waals surface area (Å²) in [4.78, 5) is 50.5. The van der Waals surface area contributed by atoms with Crippen LogP contribution in [-0.2, 0) is 11.2 Å². The Balaban J connectivity index is 1.30. The lowest BCUT2D eigenvalue weighted by Crippen LogP contribution is -2.42. The van der Waals surface area contributed by atoms with Crippen LogP contribution < -0.4 is 15.5 Å². The number of aliphatic carboxylic acids is 1. The summed E-state index contributed by atoms with van der Waals surface area (Å²) in [7, 11) is 0. The maximum atomic E-state index is 13.4. The first-order chi connectivity index (χ1) is 23.8. The first-order valence-electron chi connectivity index (χ1n) is 14.5. The number of halogens is 3. The summed E-state index contributed by atoms with van der Waals surface area (Å²) in [5, 5.41) is 43.1. The molecule has 50 heavy (non-hydrogen) atoms. The van der Waals surface area contributed by atoms with Crippen LogP contribution in [0.3, 0.4) is 0 Å². The van der Waals surface area contributed by atoms with Crippen LogP contribution in [0, 0.1) is 10.7 Å². The maximum absolute atomic E-state index is 13.4. The summed E-state index contributed by atoms with van der Waals surface area (Å²) < 4.78 is 13.9. The van der Waals surface area contributed by atoms with E-state index < -0.39 is 23.9 Å². The van der Waals surface area contributed by atoms with E-state index in [2.05, 4.69) is 50.5 Å². The fourth-order valence-corrected chi connectivity index (χ4v) is 8.01. The van der Waals surface area contributed by atoms with Gasteiger partial charge in [-0.1, -0.05) is 6.07 Å². The average Bonchev–Trinajstić information content (AvgIpc) is 3.06. The lowest BCUT2D eigenvalue weighted by molar-refractivity contribution is -0.139. The summed E-state index contributed by atoms with van der Waals surface area (Å²) >= 11 is 6.15. The molecule has 11 nitrogen and oxygen atoms in total. The lowest BCUT2D eigenvalue weighted by atomic mass is 9.89. The van der Waals surface area contributed by atoms with Gasteiger partial charge in [-0.15, -0.1) is 0 Å². The number of benzene rings is 5. The highest BCUT2D eigenvalue weighted by Gasteiger charge is 2.26. The number of aromatic hydroxyl groups is 2. The van der Waals surface area contributed by atoms with Gasteiger partial charge in [-0.05, 0) is 146 Å². The second-order valence-electron chi connectivity index (χ2n) is 11.1. The largest absolute Gasteiger partial charge is 0.508 e. The van der Waals surface area contributed by atoms with Crippen LogP contribution >= 0.6 is 67.8 Å². The van der Waals surface area contributed by atoms with Gasteiger partial charge in [0.2, 0.25) is 0 Å². The fraction of sp³-hybridized carbons (Fsp3) is 0.0556. The zero-order valence-electron chi connectivity index (χ0n) is 25.2. The summed E-state index contributed by atoms with van der Waals surface area (Å²) in [6.45, 7) is 0. The van der Waals surface area contributed by atoms with E-state index in [1.165, 1.54) is 54.6 Å². The highest BCUT2D eigenvalue weighted by atomic mass is 127. The van der Waals surface area contributed by atoms with E-state index in [-0.39, 0.29) is 51.4 Å². The predicted octanol–water partition coefficient (Wildman–Crippen LogP) is 7.71. The molecule has 0 saturated carbocycles. The van der Waals surface area contributed by atoms with Crippen molar-refractivity contribution in [2.24, 2.45) is 0 Å². The quantitative estimate of drug-likeness (QED) is 0.0711. The second-order valence-corrected chi connectivity index (χ2v) is 14.5. The molecular formula is C36H22I3NO10. The molecule has 0 bridgehead atoms. The van der Waals surface area contributed by atoms with Gasteiger partial charge in [0.05, 0.1) is 16.3 Å². The average molecular weight is 1010 g/mol. The number of carboxylic acids is 2. The van der Waals surface area contributed by atoms with Crippen LogP contribution in [0.15, 0.2) is 94.1 Å². The van der Waals surface area contributed by atoms with Gasteiger partial charge < -0.3 is 34.9 Å². The Kier molecular flexibility index (Phi) is 10.2. The number of ether oxygens (including phenoxy) is 1. The molecule has 1 aliphatic carbocycles. The molecule has 2 aliphatic rings. The Morgan fingerprint density at radius 2 is 1.52 bits per heavy atom. The second kappa shape index (κ2) is 14.4. The Morgan fingerprint density at radius 1 is 0.800 bits per heavy atom. The molecule has 1 unspecified atom stereocenters. The first kappa shape index (κ1) is 35.4. The van der Waals surface area contributed by atoms with Crippen LogP contribution in [0.2, 0.25) is 0 Å². The number of phenolic OH excluding ortho intramolecular Hbond substituents is 2. The monoisotopic (exact) mass is 1010 g/mol. The molecule has 0 spiro atoms. The molecule has 14 heteroatoms. The maximum Gasteiger partial charge on any atom is 0.336 e. The van der Waals surface area contributed by atoms with Crippen LogP contribution in [0.1, 0.15) is 26.3 Å². The molecular weight excluding hydrogens is 987 g/mol. The highest BCUT2D eigenvalue weighted by molar-refractivity contribution is 14.1. The van der Waals surface area contributed by atoms with Crippen molar-refractivity contribution in [3.8, 4) is 45.4 Å². The SMILES string of the molecule is O=C(NC(Cc1cc(I)c(Oc2ccc(O)c(I)c2)c(I)c1)C(=O)O)c1ccc(-c2c3ccc(=O)cc-3oc3cc(O)ccc23)c(C(=O)O)c1. The van der Waals surface area contributed by atoms with E-state index in [1.54, 1.807) is 30.3 Å². The molecule has 4 aromatic carbocycles. The van der Waals surface area contributed by atoms with Gasteiger partial charge in [0.1, 0.15) is 34.6 Å². The molecule has 1 atom stereocenters. The molecule has 4 aromatic rings. The molecule has 1 heterocycles. The lowest BCUT2D eigenvalue weighted by Gasteiger charge is -2.18. The van der Waals surface area contributed by atoms with Crippen molar-refractivity contribution in [2.75, 3.05) is 0 Å². The van der Waals surface area contributed by atoms with Crippen LogP contribution in [-0.4, -0.2) is 44.3 Å². The number of rotatable bonds is 9. The van der Waals surface area contributed by atoms with E-state index in [4.69, 9.17) is 9.15 Å². The number of hydrogen-bond donors (Lipinski definition) is 5. The van der Waals surface area contributed by atoms with Crippen molar-refractivity contribution in [2.45, 2.75) is 12.5 Å². The van der Waals surface area contributed by atoms with Gasteiger partial charge in [0, 0.05) is 40.6 Å². The van der Waals surface area contributed by atoms with Crippen molar-refractivity contribution >= 4 is 96.6 Å². The summed E-state index contributed by atoms with van der Waals surface area (Å²) in [5.74, 6) is -2.16. The molecule has 1 amide bonds. The number of aromatic carboxylic acids is 1. The number of phenols is 2. The van der Waals surface area contributed by atoms with Gasteiger partial charge >= 0.3 is 11.9 Å². The topological polar surface area (TPSA) is 184 Å². The minimum Gasteiger partial charge on any atom is -0.508 e. The van der Waals surface area contributed by atoms with E-state index in [1.807, 2.05) is 22.6 Å². The third-order valence-corrected chi connectivity index (χ3v) is 10.2. The zero-order chi connectivity index (χ0) is 35.9. The first-order valence-corrected chi connectivity index (χ1v) is 17.8. The van der Waals surface area contributed by atoms with Gasteiger partial charge in [-0.2, -0.15) is 0 Å². The number of nitrogens with one attached hydrogen (secondary N) is 1. The molecule has 0 fully saturated rings. The number of fused-ring (bicyclic) bond motifs is 2. The van der Waals surface area contributed by atoms with E-state index in [9.17, 15) is 39.6 Å². The summed E-state index contributed by atoms with van der Waals surface area (Å²) in [6, 6.07) is 19.4. The Hall–Kier alpha value is -4.43. The Bertz CT molecular complexity index is 2370. The molecule has 0 saturated heterocycles. The van der Waals surface area contributed by atoms with Gasteiger partial charge in [0.15, 0.2) is 11.2 Å². The molecule has 5 N–H and O–H groups in total. The van der Waals surface area contributed by atoms with Crippen LogP contribution in [0.25, 0.3) is 33.4 Å². The molecule has 252 valence electrons. The fourth-order valence-electron chi connectivity index (χ4n) is 5.40. The minimum atomic E-state index is -1.36. The van der Waals surface area contributed by atoms with Gasteiger partial charge in [0.25, 0.3) is 5.91 Å². The van der Waals surface area contributed by atoms with Crippen molar-refractivity contribution < 1.29 is 44.0 Å². The normalized spacial score (nSPS) is 11.7. The summed E-state index contributed by atoms with van der Waals surface area (Å²) in [6.07, 6.45) is -0.0750. The third-order valence-electron chi connectivity index (χ3n) is 7.70. The van der Waals surface area contributed by atoms with Gasteiger partial charge in [-0.25, -0.2) is 9.59 Å². The number of carbonyl (C=O) groups is 3. The predicted molar refractivity (Wildman–Crippen MR) is 209 cm³/mol. The van der Waals surface area contributed by atoms with Crippen molar-refractivity contribution in [1.82, 2.24) is 5.32 Å². The van der Waals surface area contributed by atoms with Crippen molar-refractivity contribution in [3.63, 3.8) is 0 Å². The van der Waals surface area contributed by atoms with Crippen LogP contribution in [0.4, 0.5) is 0 Å². The zero-order valence-corrected chi connectivity index (χ0v) is 31.7. The molecule has 0 aromatic heterocycles. The number of carbonyl (C=O) groups excluding carboxylic acids is 1. The number of hydrogen-bond acceptors (Lipinski definition) is 8. The van der Waals surface area contributed by atoms with Crippen LogP contribution in [0.5, 0.6) is 23.0 Å². The summed E-state index contributed by atoms with van der Waals surface area (Å²) in [5.41, 5.74) is 1.22. The molecule has 1 aliphatic heterocycles. The number of carboxylic acid groups (broad SMARTS) is 2. The standard InChI is InChI=1S/C36H22I3NO10/c37-25-15-20(4-8-29(25)43)49-33-26(38)9-16(10-27(33)39)11-28(36(47)48)40-34(44)17-1-5-21(24(12-17)35(45)46)32-22-6-2-18(41)13-30(22)50-31-14-19(42)3-7-23(31)32/h1-10,12-15,28,41,43H,11H2,(H,40,44)(H,45,46)(H,47,48). The minimum absolute atomic E-state index is 0.0750. The Morgan fingerprint density at radius 3 is 2.20 bits per heavy atom. The van der Waals surface area contributed by atoms with E-state index in [0.717, 1.165) is 0 Å². The third kappa shape index (κ3) is 7.36. The highest BCUT2D eigenvalue weighted by Crippen LogP contribution is 2.42. The smallest absolute Gasteiger partial charge is 0.336 e. The van der Waals surface area contributed by atoms with E-state index in [0.29, 0.717) is 44.3 Å². The number of amides is 1. The Labute approximate surface area is 323 Å². The van der Waals surface area contributed by atoms with E-state index >= 15 is 0 Å². The van der Waals surface area contributed by atoms with Crippen molar-refractivity contribution in [1.29, 1.82) is 0 Å². The molecule has 6 rings (SSSR count). The molecule has 0 radical (unpaired) electrons. The van der Waals surface area contributed by atoms with Gasteiger partial charge in [-0.3, -0.25) is 9.59 Å². The van der Waals surface area contributed by atoms with Crippen molar-refractivity contribution in [3.05, 3.63) is 123 Å².